The van der Waals surface area contributed by atoms with Crippen LogP contribution in [0.3, 0.4) is 0 Å². The Morgan fingerprint density at radius 2 is 2.32 bits per heavy atom. The Kier molecular flexibility index (Phi) is 2.76. The number of aromatic nitrogens is 4. The smallest absolute Gasteiger partial charge is 0.167 e. The van der Waals surface area contributed by atoms with Crippen LogP contribution in [0.1, 0.15) is 12.6 Å². The molecule has 0 spiro atoms. The maximum Gasteiger partial charge on any atom is 0.167 e. The second-order valence-corrected chi connectivity index (χ2v) is 4.14. The molecule has 100 valence electrons. The Bertz CT molecular complexity index is 639. The van der Waals surface area contributed by atoms with Crippen molar-refractivity contribution >= 4 is 22.7 Å². The van der Waals surface area contributed by atoms with E-state index in [0.29, 0.717) is 23.3 Å². The highest BCUT2D eigenvalue weighted by molar-refractivity contribution is 5.90. The van der Waals surface area contributed by atoms with Crippen LogP contribution in [-0.2, 0) is 4.74 Å². The number of nitrogen functional groups attached to an aromatic ring is 1. The zero-order valence-corrected chi connectivity index (χ0v) is 9.84. The lowest BCUT2D eigenvalue weighted by molar-refractivity contribution is -0.0108. The van der Waals surface area contributed by atoms with Crippen molar-refractivity contribution < 1.29 is 15.1 Å². The van der Waals surface area contributed by atoms with E-state index in [1.807, 2.05) is 0 Å². The summed E-state index contributed by atoms with van der Waals surface area (Å²) in [7, 11) is 0. The number of ether oxygens (including phenoxy) is 1. The lowest BCUT2D eigenvalue weighted by Crippen LogP contribution is -2.20. The molecule has 1 saturated heterocycles. The van der Waals surface area contributed by atoms with Crippen molar-refractivity contribution in [2.75, 3.05) is 12.3 Å². The zero-order valence-electron chi connectivity index (χ0n) is 9.84. The fourth-order valence-corrected chi connectivity index (χ4v) is 2.12. The Labute approximate surface area is 107 Å². The van der Waals surface area contributed by atoms with Gasteiger partial charge in [0.25, 0.3) is 0 Å². The van der Waals surface area contributed by atoms with E-state index in [9.17, 15) is 0 Å². The van der Waals surface area contributed by atoms with Crippen LogP contribution in [0.25, 0.3) is 11.2 Å². The van der Waals surface area contributed by atoms with E-state index in [4.69, 9.17) is 20.8 Å². The molecule has 9 nitrogen and oxygen atoms in total. The normalized spacial score (nSPS) is 25.4. The SMILES string of the molecule is Nc1ncnc2c1ncn2[C@H]1C/C(=N\O)[C@@H](CO)O1. The summed E-state index contributed by atoms with van der Waals surface area (Å²) >= 11 is 0. The van der Waals surface area contributed by atoms with Crippen molar-refractivity contribution in [1.82, 2.24) is 19.5 Å². The molecule has 3 rings (SSSR count). The fraction of sp³-hybridized carbons (Fsp3) is 0.400. The Morgan fingerprint density at radius 3 is 3.00 bits per heavy atom. The molecule has 19 heavy (non-hydrogen) atoms. The number of nitrogens with two attached hydrogens (primary N) is 1. The molecule has 1 aliphatic rings. The van der Waals surface area contributed by atoms with E-state index in [0.717, 1.165) is 0 Å². The molecule has 0 aliphatic carbocycles. The van der Waals surface area contributed by atoms with Crippen molar-refractivity contribution in [1.29, 1.82) is 0 Å². The van der Waals surface area contributed by atoms with Gasteiger partial charge in [0.05, 0.1) is 18.6 Å². The predicted octanol–water partition coefficient (Wildman–Crippen LogP) is -0.482. The standard InChI is InChI=1S/C10H12N6O3/c11-9-8-10(13-3-12-9)16(4-14-8)7-1-5(15-18)6(2-17)19-7/h3-4,6-7,17-18H,1-2H2,(H2,11,12,13)/b15-5+/t6-,7-/m1/s1. The van der Waals surface area contributed by atoms with Gasteiger partial charge in [-0.3, -0.25) is 4.57 Å². The van der Waals surface area contributed by atoms with Crippen LogP contribution in [0.5, 0.6) is 0 Å². The third-order valence-corrected chi connectivity index (χ3v) is 3.07. The number of hydrogen-bond donors (Lipinski definition) is 3. The number of aliphatic hydroxyl groups is 1. The van der Waals surface area contributed by atoms with Crippen LogP contribution < -0.4 is 5.73 Å². The lowest BCUT2D eigenvalue weighted by Gasteiger charge is -2.12. The van der Waals surface area contributed by atoms with Gasteiger partial charge in [0, 0.05) is 6.42 Å². The van der Waals surface area contributed by atoms with E-state index < -0.39 is 12.3 Å². The summed E-state index contributed by atoms with van der Waals surface area (Å²) in [6.07, 6.45) is 2.16. The van der Waals surface area contributed by atoms with E-state index in [1.165, 1.54) is 12.7 Å². The van der Waals surface area contributed by atoms with Crippen LogP contribution in [0.2, 0.25) is 0 Å². The molecule has 4 N–H and O–H groups in total. The molecule has 2 aromatic rings. The maximum atomic E-state index is 9.15. The molecule has 0 amide bonds. The molecule has 1 fully saturated rings. The van der Waals surface area contributed by atoms with E-state index in [2.05, 4.69) is 20.1 Å². The molecular formula is C10H12N6O3. The molecule has 0 radical (unpaired) electrons. The monoisotopic (exact) mass is 264 g/mol. The zero-order chi connectivity index (χ0) is 13.4. The van der Waals surface area contributed by atoms with Crippen molar-refractivity contribution in [2.45, 2.75) is 18.8 Å². The summed E-state index contributed by atoms with van der Waals surface area (Å²) in [5, 5.41) is 21.2. The minimum Gasteiger partial charge on any atom is -0.411 e. The summed E-state index contributed by atoms with van der Waals surface area (Å²) in [6, 6.07) is 0. The van der Waals surface area contributed by atoms with Gasteiger partial charge in [-0.15, -0.1) is 0 Å². The Hall–Kier alpha value is -2.26. The van der Waals surface area contributed by atoms with Gasteiger partial charge in [-0.25, -0.2) is 15.0 Å². The number of nitrogens with zero attached hydrogens (tertiary/aromatic N) is 5. The van der Waals surface area contributed by atoms with Crippen LogP contribution >= 0.6 is 0 Å². The first-order valence-electron chi connectivity index (χ1n) is 5.64. The number of anilines is 1. The number of imidazole rings is 1. The van der Waals surface area contributed by atoms with Crippen LogP contribution in [0.4, 0.5) is 5.82 Å². The second kappa shape index (κ2) is 4.44. The fourth-order valence-electron chi connectivity index (χ4n) is 2.12. The van der Waals surface area contributed by atoms with Gasteiger partial charge in [0.1, 0.15) is 24.2 Å². The summed E-state index contributed by atoms with van der Waals surface area (Å²) in [5.41, 5.74) is 7.11. The van der Waals surface area contributed by atoms with Gasteiger partial charge in [-0.1, -0.05) is 5.16 Å². The molecule has 9 heteroatoms. The summed E-state index contributed by atoms with van der Waals surface area (Å²) < 4.78 is 7.26. The quantitative estimate of drug-likeness (QED) is 0.493. The summed E-state index contributed by atoms with van der Waals surface area (Å²) in [4.78, 5) is 12.1. The molecule has 0 saturated carbocycles. The molecule has 0 aromatic carbocycles. The predicted molar refractivity (Wildman–Crippen MR) is 64.6 cm³/mol. The summed E-state index contributed by atoms with van der Waals surface area (Å²) in [6.45, 7) is -0.250. The van der Waals surface area contributed by atoms with E-state index >= 15 is 0 Å². The number of aliphatic hydroxyl groups excluding tert-OH is 1. The topological polar surface area (TPSA) is 132 Å². The maximum absolute atomic E-state index is 9.15. The van der Waals surface area contributed by atoms with Crippen LogP contribution in [-0.4, -0.2) is 48.3 Å². The Morgan fingerprint density at radius 1 is 1.47 bits per heavy atom. The average molecular weight is 264 g/mol. The van der Waals surface area contributed by atoms with Crippen molar-refractivity contribution in [3.63, 3.8) is 0 Å². The first kappa shape index (κ1) is 11.8. The number of hydrogen-bond acceptors (Lipinski definition) is 8. The third kappa shape index (κ3) is 1.79. The first-order valence-corrected chi connectivity index (χ1v) is 5.64. The molecule has 2 atom stereocenters. The molecule has 0 bridgehead atoms. The number of rotatable bonds is 2. The summed E-state index contributed by atoms with van der Waals surface area (Å²) in [5.74, 6) is 0.288. The molecule has 2 aromatic heterocycles. The number of oxime groups is 1. The molecule has 1 aliphatic heterocycles. The third-order valence-electron chi connectivity index (χ3n) is 3.07. The van der Waals surface area contributed by atoms with E-state index in [1.54, 1.807) is 4.57 Å². The van der Waals surface area contributed by atoms with Gasteiger partial charge in [-0.05, 0) is 0 Å². The molecule has 0 unspecified atom stereocenters. The lowest BCUT2D eigenvalue weighted by atomic mass is 10.2. The highest BCUT2D eigenvalue weighted by atomic mass is 16.5. The van der Waals surface area contributed by atoms with Crippen LogP contribution in [0, 0.1) is 0 Å². The first-order chi connectivity index (χ1) is 9.24. The molecule has 3 heterocycles. The van der Waals surface area contributed by atoms with Crippen LogP contribution in [0.15, 0.2) is 17.8 Å². The highest BCUT2D eigenvalue weighted by Crippen LogP contribution is 2.29. The van der Waals surface area contributed by atoms with Gasteiger partial charge in [0.15, 0.2) is 11.5 Å². The second-order valence-electron chi connectivity index (χ2n) is 4.14. The highest BCUT2D eigenvalue weighted by Gasteiger charge is 2.33. The largest absolute Gasteiger partial charge is 0.411 e. The minimum absolute atomic E-state index is 0.250. The van der Waals surface area contributed by atoms with Gasteiger partial charge >= 0.3 is 0 Å². The average Bonchev–Trinajstić information content (AvgIpc) is 3.02. The Balaban J connectivity index is 2.00. The van der Waals surface area contributed by atoms with Gasteiger partial charge in [0.2, 0.25) is 0 Å². The van der Waals surface area contributed by atoms with Crippen molar-refractivity contribution in [2.24, 2.45) is 5.16 Å². The van der Waals surface area contributed by atoms with Crippen molar-refractivity contribution in [3.05, 3.63) is 12.7 Å². The minimum atomic E-state index is -0.619. The van der Waals surface area contributed by atoms with E-state index in [-0.39, 0.29) is 12.4 Å². The van der Waals surface area contributed by atoms with Crippen molar-refractivity contribution in [3.8, 4) is 0 Å². The van der Waals surface area contributed by atoms with Gasteiger partial charge in [-0.2, -0.15) is 0 Å². The molecular weight excluding hydrogens is 252 g/mol. The number of fused-ring (bicyclic) bond motifs is 1. The van der Waals surface area contributed by atoms with Gasteiger partial charge < -0.3 is 20.8 Å².